The van der Waals surface area contributed by atoms with Crippen molar-refractivity contribution in [1.82, 2.24) is 0 Å². The van der Waals surface area contributed by atoms with Crippen molar-refractivity contribution in [1.29, 1.82) is 0 Å². The van der Waals surface area contributed by atoms with Crippen LogP contribution in [-0.4, -0.2) is 26.4 Å². The lowest BCUT2D eigenvalue weighted by Crippen LogP contribution is -2.20. The molecule has 1 aliphatic rings. The molecular formula is C12H24O2. The number of unbranched alkanes of at least 4 members (excludes halogenated alkanes) is 1. The molecule has 0 atom stereocenters. The van der Waals surface area contributed by atoms with Crippen LogP contribution < -0.4 is 0 Å². The summed E-state index contributed by atoms with van der Waals surface area (Å²) in [5.74, 6) is 0.920. The molecule has 0 aromatic carbocycles. The summed E-state index contributed by atoms with van der Waals surface area (Å²) in [6.45, 7) is 4.13. The molecule has 1 rings (SSSR count). The maximum absolute atomic E-state index is 5.82. The molecule has 0 aliphatic heterocycles. The van der Waals surface area contributed by atoms with Gasteiger partial charge in [0, 0.05) is 20.3 Å². The second-order valence-electron chi connectivity index (χ2n) is 4.45. The van der Waals surface area contributed by atoms with E-state index in [1.165, 1.54) is 25.7 Å². The molecule has 14 heavy (non-hydrogen) atoms. The van der Waals surface area contributed by atoms with E-state index < -0.39 is 0 Å². The highest BCUT2D eigenvalue weighted by Gasteiger charge is 2.17. The average molecular weight is 200 g/mol. The zero-order valence-electron chi connectivity index (χ0n) is 9.63. The first-order chi connectivity index (χ1) is 6.83. The largest absolute Gasteiger partial charge is 0.385 e. The Balaban J connectivity index is 1.91. The van der Waals surface area contributed by atoms with E-state index in [1.54, 1.807) is 7.11 Å². The lowest BCUT2D eigenvalue weighted by atomic mass is 9.89. The van der Waals surface area contributed by atoms with Crippen LogP contribution in [0.1, 0.15) is 45.4 Å². The van der Waals surface area contributed by atoms with Gasteiger partial charge in [0.05, 0.1) is 6.10 Å². The molecule has 1 aliphatic carbocycles. The fourth-order valence-electron chi connectivity index (χ4n) is 1.99. The van der Waals surface area contributed by atoms with Crippen LogP contribution in [0.5, 0.6) is 0 Å². The van der Waals surface area contributed by atoms with Crippen LogP contribution in [-0.2, 0) is 9.47 Å². The normalized spacial score (nSPS) is 27.9. The van der Waals surface area contributed by atoms with Gasteiger partial charge in [0.1, 0.15) is 0 Å². The van der Waals surface area contributed by atoms with Crippen LogP contribution in [0.25, 0.3) is 0 Å². The van der Waals surface area contributed by atoms with Crippen LogP contribution in [0.4, 0.5) is 0 Å². The third-order valence-electron chi connectivity index (χ3n) is 3.06. The summed E-state index contributed by atoms with van der Waals surface area (Å²) < 4.78 is 10.8. The first-order valence-electron chi connectivity index (χ1n) is 5.93. The van der Waals surface area contributed by atoms with Crippen molar-refractivity contribution in [2.45, 2.75) is 51.6 Å². The minimum atomic E-state index is 0.550. The maximum Gasteiger partial charge on any atom is 0.0575 e. The molecule has 0 aromatic rings. The van der Waals surface area contributed by atoms with Gasteiger partial charge in [-0.2, -0.15) is 0 Å². The van der Waals surface area contributed by atoms with Crippen molar-refractivity contribution < 1.29 is 9.47 Å². The molecule has 0 aromatic heterocycles. The monoisotopic (exact) mass is 200 g/mol. The van der Waals surface area contributed by atoms with Crippen LogP contribution in [0, 0.1) is 5.92 Å². The molecule has 2 heteroatoms. The van der Waals surface area contributed by atoms with Gasteiger partial charge in [0.15, 0.2) is 0 Å². The zero-order chi connectivity index (χ0) is 10.2. The van der Waals surface area contributed by atoms with Gasteiger partial charge in [-0.3, -0.25) is 0 Å². The lowest BCUT2D eigenvalue weighted by molar-refractivity contribution is 0.0159. The van der Waals surface area contributed by atoms with Crippen molar-refractivity contribution in [3.05, 3.63) is 0 Å². The van der Waals surface area contributed by atoms with Gasteiger partial charge < -0.3 is 9.47 Å². The van der Waals surface area contributed by atoms with Crippen LogP contribution in [0.2, 0.25) is 0 Å². The molecule has 0 unspecified atom stereocenters. The van der Waals surface area contributed by atoms with Crippen LogP contribution >= 0.6 is 0 Å². The maximum atomic E-state index is 5.82. The molecule has 2 nitrogen and oxygen atoms in total. The second kappa shape index (κ2) is 7.24. The van der Waals surface area contributed by atoms with Gasteiger partial charge in [-0.25, -0.2) is 0 Å². The van der Waals surface area contributed by atoms with Crippen LogP contribution in [0.3, 0.4) is 0 Å². The molecule has 0 heterocycles. The highest BCUT2D eigenvalue weighted by atomic mass is 16.5. The summed E-state index contributed by atoms with van der Waals surface area (Å²) in [6, 6.07) is 0. The first kappa shape index (κ1) is 12.0. The van der Waals surface area contributed by atoms with Crippen molar-refractivity contribution >= 4 is 0 Å². The molecular weight excluding hydrogens is 176 g/mol. The average Bonchev–Trinajstić information content (AvgIpc) is 2.21. The van der Waals surface area contributed by atoms with E-state index >= 15 is 0 Å². The zero-order valence-corrected chi connectivity index (χ0v) is 9.63. The summed E-state index contributed by atoms with van der Waals surface area (Å²) in [7, 11) is 1.75. The molecule has 0 bridgehead atoms. The van der Waals surface area contributed by atoms with Crippen molar-refractivity contribution in [2.75, 3.05) is 20.3 Å². The molecule has 0 saturated heterocycles. The van der Waals surface area contributed by atoms with E-state index in [0.717, 1.165) is 32.0 Å². The van der Waals surface area contributed by atoms with Crippen molar-refractivity contribution in [3.63, 3.8) is 0 Å². The van der Waals surface area contributed by atoms with E-state index in [4.69, 9.17) is 9.47 Å². The molecule has 0 N–H and O–H groups in total. The highest BCUT2D eigenvalue weighted by molar-refractivity contribution is 4.69. The Morgan fingerprint density at radius 3 is 2.29 bits per heavy atom. The molecule has 0 amide bonds. The Morgan fingerprint density at radius 1 is 1.00 bits per heavy atom. The summed E-state index contributed by atoms with van der Waals surface area (Å²) in [4.78, 5) is 0. The van der Waals surface area contributed by atoms with E-state index in [0.29, 0.717) is 6.10 Å². The van der Waals surface area contributed by atoms with Crippen LogP contribution in [0.15, 0.2) is 0 Å². The minimum absolute atomic E-state index is 0.550. The van der Waals surface area contributed by atoms with Gasteiger partial charge in [-0.1, -0.05) is 6.92 Å². The summed E-state index contributed by atoms with van der Waals surface area (Å²) >= 11 is 0. The number of rotatable bonds is 6. The first-order valence-corrected chi connectivity index (χ1v) is 5.93. The summed E-state index contributed by atoms with van der Waals surface area (Å²) in [6.07, 6.45) is 8.05. The second-order valence-corrected chi connectivity index (χ2v) is 4.45. The number of methoxy groups -OCH3 is 1. The van der Waals surface area contributed by atoms with Crippen molar-refractivity contribution in [2.24, 2.45) is 5.92 Å². The molecule has 1 saturated carbocycles. The number of hydrogen-bond acceptors (Lipinski definition) is 2. The third-order valence-corrected chi connectivity index (χ3v) is 3.06. The smallest absolute Gasteiger partial charge is 0.0575 e. The van der Waals surface area contributed by atoms with Gasteiger partial charge in [-0.15, -0.1) is 0 Å². The highest BCUT2D eigenvalue weighted by Crippen LogP contribution is 2.25. The van der Waals surface area contributed by atoms with Gasteiger partial charge >= 0.3 is 0 Å². The van der Waals surface area contributed by atoms with Gasteiger partial charge in [-0.05, 0) is 44.4 Å². The van der Waals surface area contributed by atoms with Crippen molar-refractivity contribution in [3.8, 4) is 0 Å². The quantitative estimate of drug-likeness (QED) is 0.614. The summed E-state index contributed by atoms with van der Waals surface area (Å²) in [5.41, 5.74) is 0. The predicted octanol–water partition coefficient (Wildman–Crippen LogP) is 3.01. The van der Waals surface area contributed by atoms with Gasteiger partial charge in [0.25, 0.3) is 0 Å². The fourth-order valence-corrected chi connectivity index (χ4v) is 1.99. The molecule has 0 radical (unpaired) electrons. The molecule has 0 spiro atoms. The van der Waals surface area contributed by atoms with Gasteiger partial charge in [0.2, 0.25) is 0 Å². The Morgan fingerprint density at radius 2 is 1.64 bits per heavy atom. The van der Waals surface area contributed by atoms with E-state index in [-0.39, 0.29) is 0 Å². The molecule has 1 fully saturated rings. The Kier molecular flexibility index (Phi) is 6.20. The Labute approximate surface area is 88.0 Å². The number of hydrogen-bond donors (Lipinski definition) is 0. The number of ether oxygens (including phenoxy) is 2. The topological polar surface area (TPSA) is 18.5 Å². The lowest BCUT2D eigenvalue weighted by Gasteiger charge is -2.26. The Bertz CT molecular complexity index is 128. The summed E-state index contributed by atoms with van der Waals surface area (Å²) in [5, 5.41) is 0. The van der Waals surface area contributed by atoms with E-state index in [2.05, 4.69) is 6.92 Å². The van der Waals surface area contributed by atoms with E-state index in [1.807, 2.05) is 0 Å². The fraction of sp³-hybridized carbons (Fsp3) is 1.00. The Hall–Kier alpha value is -0.0800. The van der Waals surface area contributed by atoms with E-state index in [9.17, 15) is 0 Å². The standard InChI is InChI=1S/C12H24O2/c1-11-5-7-12(8-6-11)14-10-4-3-9-13-2/h11-12H,3-10H2,1-2H3. The minimum Gasteiger partial charge on any atom is -0.385 e. The predicted molar refractivity (Wildman–Crippen MR) is 58.5 cm³/mol. The SMILES string of the molecule is COCCCCOC1CCC(C)CC1. The molecule has 84 valence electrons. The third kappa shape index (κ3) is 4.97.